The summed E-state index contributed by atoms with van der Waals surface area (Å²) in [7, 11) is 1.67. The Morgan fingerprint density at radius 3 is 2.47 bits per heavy atom. The third-order valence-electron chi connectivity index (χ3n) is 6.59. The molecular formula is C26H35N3O5. The monoisotopic (exact) mass is 469 g/mol. The van der Waals surface area contributed by atoms with Gasteiger partial charge in [0, 0.05) is 31.7 Å². The Morgan fingerprint density at radius 2 is 1.74 bits per heavy atom. The summed E-state index contributed by atoms with van der Waals surface area (Å²) in [5.41, 5.74) is 9.33. The van der Waals surface area contributed by atoms with Crippen LogP contribution < -0.4 is 20.3 Å². The van der Waals surface area contributed by atoms with Crippen molar-refractivity contribution in [3.05, 3.63) is 53.1 Å². The molecule has 1 amide bonds. The summed E-state index contributed by atoms with van der Waals surface area (Å²) >= 11 is 0. The van der Waals surface area contributed by atoms with Crippen LogP contribution >= 0.6 is 0 Å². The molecule has 3 N–H and O–H groups in total. The summed E-state index contributed by atoms with van der Waals surface area (Å²) in [5.74, 6) is 1.49. The number of fused-ring (bicyclic) bond motifs is 1. The van der Waals surface area contributed by atoms with E-state index in [2.05, 4.69) is 10.9 Å². The van der Waals surface area contributed by atoms with Crippen molar-refractivity contribution in [1.29, 1.82) is 0 Å². The molecule has 4 unspecified atom stereocenters. The maximum Gasteiger partial charge on any atom is 0.242 e. The molecule has 2 aromatic rings. The Kier molecular flexibility index (Phi) is 7.60. The molecule has 2 heterocycles. The lowest BCUT2D eigenvalue weighted by molar-refractivity contribution is -0.131. The van der Waals surface area contributed by atoms with Crippen LogP contribution in [0.3, 0.4) is 0 Å². The Morgan fingerprint density at radius 1 is 1.00 bits per heavy atom. The van der Waals surface area contributed by atoms with Gasteiger partial charge in [0.25, 0.3) is 0 Å². The molecule has 2 aliphatic heterocycles. The van der Waals surface area contributed by atoms with Gasteiger partial charge in [-0.15, -0.1) is 0 Å². The van der Waals surface area contributed by atoms with Crippen molar-refractivity contribution in [2.45, 2.75) is 45.3 Å². The fraction of sp³-hybridized carbons (Fsp3) is 0.500. The van der Waals surface area contributed by atoms with E-state index in [4.69, 9.17) is 14.2 Å². The number of likely N-dealkylation sites (tertiary alicyclic amines) is 1. The third-order valence-corrected chi connectivity index (χ3v) is 6.59. The van der Waals surface area contributed by atoms with Gasteiger partial charge in [0.1, 0.15) is 11.8 Å². The molecule has 0 aliphatic carbocycles. The van der Waals surface area contributed by atoms with E-state index in [1.807, 2.05) is 56.0 Å². The number of carbonyl (C=O) groups is 1. The van der Waals surface area contributed by atoms with Gasteiger partial charge < -0.3 is 24.2 Å². The first kappa shape index (κ1) is 24.3. The number of phenolic OH excluding ortho intramolecular Hbond substituents is 1. The first-order valence-electron chi connectivity index (χ1n) is 12.0. The number of benzene rings is 2. The summed E-state index contributed by atoms with van der Waals surface area (Å²) in [6.45, 7) is 8.09. The number of carbonyl (C=O) groups excluding carboxylic acids is 1. The first-order valence-corrected chi connectivity index (χ1v) is 12.0. The number of amides is 1. The van der Waals surface area contributed by atoms with Gasteiger partial charge in [0.15, 0.2) is 11.5 Å². The van der Waals surface area contributed by atoms with Crippen LogP contribution in [0, 0.1) is 12.8 Å². The summed E-state index contributed by atoms with van der Waals surface area (Å²) in [5, 5.41) is 10.7. The number of aromatic hydroxyl groups is 1. The highest BCUT2D eigenvalue weighted by Gasteiger charge is 2.55. The van der Waals surface area contributed by atoms with Crippen LogP contribution in [0.15, 0.2) is 36.4 Å². The number of rotatable bonds is 10. The average Bonchev–Trinajstić information content (AvgIpc) is 3.36. The third kappa shape index (κ3) is 4.58. The molecule has 8 nitrogen and oxygen atoms in total. The normalized spacial score (nSPS) is 23.9. The minimum atomic E-state index is -0.403. The Balaban J connectivity index is 1.77. The van der Waals surface area contributed by atoms with Gasteiger partial charge in [-0.1, -0.05) is 23.8 Å². The van der Waals surface area contributed by atoms with Crippen molar-refractivity contribution in [1.82, 2.24) is 15.8 Å². The van der Waals surface area contributed by atoms with Crippen molar-refractivity contribution in [2.24, 2.45) is 5.92 Å². The molecule has 0 aromatic heterocycles. The van der Waals surface area contributed by atoms with E-state index in [0.29, 0.717) is 37.9 Å². The highest BCUT2D eigenvalue weighted by molar-refractivity contribution is 5.86. The van der Waals surface area contributed by atoms with Gasteiger partial charge in [-0.2, -0.15) is 0 Å². The molecule has 0 spiro atoms. The van der Waals surface area contributed by atoms with Crippen molar-refractivity contribution >= 4 is 5.91 Å². The van der Waals surface area contributed by atoms with Gasteiger partial charge in [-0.3, -0.25) is 4.79 Å². The van der Waals surface area contributed by atoms with Crippen LogP contribution in [-0.2, 0) is 9.53 Å². The number of hydrazine groups is 1. The van der Waals surface area contributed by atoms with Gasteiger partial charge >= 0.3 is 0 Å². The molecule has 0 saturated carbocycles. The lowest BCUT2D eigenvalue weighted by atomic mass is 9.82. The molecule has 2 aliphatic rings. The molecule has 2 aromatic carbocycles. The van der Waals surface area contributed by atoms with E-state index < -0.39 is 6.04 Å². The molecule has 8 heteroatoms. The molecule has 184 valence electrons. The predicted molar refractivity (Wildman–Crippen MR) is 129 cm³/mol. The van der Waals surface area contributed by atoms with Crippen LogP contribution in [0.5, 0.6) is 17.2 Å². The number of nitrogens with one attached hydrogen (secondary N) is 2. The van der Waals surface area contributed by atoms with E-state index in [1.165, 1.54) is 0 Å². The summed E-state index contributed by atoms with van der Waals surface area (Å²) in [4.78, 5) is 15.5. The Bertz CT molecular complexity index is 1010. The molecule has 0 radical (unpaired) electrons. The molecule has 2 saturated heterocycles. The SMILES string of the molecule is CCOc1ccc(C2C3C(NNC3c3cc(C)ccc3O)C(=O)N2CCCOC)cc1OCC. The molecule has 4 rings (SSSR count). The van der Waals surface area contributed by atoms with Crippen LogP contribution in [0.25, 0.3) is 0 Å². The zero-order valence-electron chi connectivity index (χ0n) is 20.3. The summed E-state index contributed by atoms with van der Waals surface area (Å²) in [6, 6.07) is 10.6. The topological polar surface area (TPSA) is 92.3 Å². The molecule has 34 heavy (non-hydrogen) atoms. The predicted octanol–water partition coefficient (Wildman–Crippen LogP) is 3.25. The van der Waals surface area contributed by atoms with Crippen molar-refractivity contribution in [3.8, 4) is 17.2 Å². The minimum Gasteiger partial charge on any atom is -0.508 e. The molecular weight excluding hydrogens is 434 g/mol. The largest absolute Gasteiger partial charge is 0.508 e. The number of hydrogen-bond donors (Lipinski definition) is 3. The van der Waals surface area contributed by atoms with E-state index in [-0.39, 0.29) is 29.7 Å². The number of aryl methyl sites for hydroxylation is 1. The maximum atomic E-state index is 13.5. The standard InChI is InChI=1S/C26H35N3O5/c1-5-33-20-11-9-17(15-21(20)34-6-2)25-22-23(18-14-16(3)8-10-19(18)30)27-28-24(22)26(31)29(25)12-7-13-32-4/h8-11,14-15,22-25,27-28,30H,5-7,12-13H2,1-4H3. The van der Waals surface area contributed by atoms with Crippen molar-refractivity contribution in [3.63, 3.8) is 0 Å². The summed E-state index contributed by atoms with van der Waals surface area (Å²) in [6.07, 6.45) is 0.737. The van der Waals surface area contributed by atoms with Crippen molar-refractivity contribution in [2.75, 3.05) is 33.5 Å². The number of nitrogens with zero attached hydrogens (tertiary/aromatic N) is 1. The number of ether oxygens (including phenoxy) is 3. The van der Waals surface area contributed by atoms with Gasteiger partial charge in [-0.25, -0.2) is 10.9 Å². The van der Waals surface area contributed by atoms with Crippen LogP contribution in [0.2, 0.25) is 0 Å². The molecule has 2 fully saturated rings. The van der Waals surface area contributed by atoms with E-state index in [0.717, 1.165) is 23.1 Å². The van der Waals surface area contributed by atoms with Gasteiger partial charge in [-0.05, 0) is 51.0 Å². The highest BCUT2D eigenvalue weighted by Crippen LogP contribution is 2.49. The number of hydrogen-bond acceptors (Lipinski definition) is 7. The molecule has 4 atom stereocenters. The van der Waals surface area contributed by atoms with Gasteiger partial charge in [0.2, 0.25) is 5.91 Å². The number of methoxy groups -OCH3 is 1. The lowest BCUT2D eigenvalue weighted by Gasteiger charge is -2.32. The fourth-order valence-electron chi connectivity index (χ4n) is 5.17. The second-order valence-electron chi connectivity index (χ2n) is 8.78. The van der Waals surface area contributed by atoms with Crippen LogP contribution in [0.4, 0.5) is 0 Å². The molecule has 0 bridgehead atoms. The van der Waals surface area contributed by atoms with Gasteiger partial charge in [0.05, 0.1) is 25.3 Å². The van der Waals surface area contributed by atoms with Crippen molar-refractivity contribution < 1.29 is 24.1 Å². The quantitative estimate of drug-likeness (QED) is 0.460. The smallest absolute Gasteiger partial charge is 0.242 e. The minimum absolute atomic E-state index is 0.0418. The Hall–Kier alpha value is -2.81. The first-order chi connectivity index (χ1) is 16.5. The Labute approximate surface area is 201 Å². The zero-order valence-corrected chi connectivity index (χ0v) is 20.3. The second-order valence-corrected chi connectivity index (χ2v) is 8.78. The van der Waals surface area contributed by atoms with E-state index in [9.17, 15) is 9.90 Å². The maximum absolute atomic E-state index is 13.5. The fourth-order valence-corrected chi connectivity index (χ4v) is 5.17. The van der Waals surface area contributed by atoms with Crippen LogP contribution in [0.1, 0.15) is 49.0 Å². The average molecular weight is 470 g/mol. The highest BCUT2D eigenvalue weighted by atomic mass is 16.5. The second kappa shape index (κ2) is 10.6. The lowest BCUT2D eigenvalue weighted by Crippen LogP contribution is -2.41. The van der Waals surface area contributed by atoms with E-state index >= 15 is 0 Å². The number of phenols is 1. The zero-order chi connectivity index (χ0) is 24.2. The van der Waals surface area contributed by atoms with E-state index in [1.54, 1.807) is 13.2 Å². The summed E-state index contributed by atoms with van der Waals surface area (Å²) < 4.78 is 16.9. The van der Waals surface area contributed by atoms with Crippen LogP contribution in [-0.4, -0.2) is 55.4 Å².